The Balaban J connectivity index is 2.21. The minimum absolute atomic E-state index is 0.145. The predicted octanol–water partition coefficient (Wildman–Crippen LogP) is 1.92. The van der Waals surface area contributed by atoms with Gasteiger partial charge in [0.1, 0.15) is 13.1 Å². The Kier molecular flexibility index (Phi) is 9.04. The zero-order valence-electron chi connectivity index (χ0n) is 18.5. The van der Waals surface area contributed by atoms with Crippen LogP contribution in [0.1, 0.15) is 46.1 Å². The van der Waals surface area contributed by atoms with Crippen molar-refractivity contribution in [2.24, 2.45) is 0 Å². The molecule has 1 aliphatic heterocycles. The first kappa shape index (κ1) is 25.8. The van der Waals surface area contributed by atoms with Gasteiger partial charge in [-0.05, 0) is 39.3 Å². The lowest BCUT2D eigenvalue weighted by atomic mass is 9.82. The van der Waals surface area contributed by atoms with E-state index in [9.17, 15) is 18.5 Å². The molecule has 0 fully saturated rings. The molecule has 0 saturated heterocycles. The fraction of sp³-hybridized carbons (Fsp3) is 0.600. The Morgan fingerprint density at radius 2 is 2.00 bits per heavy atom. The molecule has 9 nitrogen and oxygen atoms in total. The molecular formula is C20H30N2O7S2. The molecule has 1 heterocycles. The number of unbranched alkanes of at least 4 members (excludes halogenated alkanes) is 1. The number of rotatable bonds is 12. The molecule has 1 aromatic carbocycles. The van der Waals surface area contributed by atoms with Crippen molar-refractivity contribution in [1.82, 2.24) is 4.31 Å². The van der Waals surface area contributed by atoms with Crippen molar-refractivity contribution in [3.05, 3.63) is 23.8 Å². The van der Waals surface area contributed by atoms with Crippen molar-refractivity contribution in [2.45, 2.75) is 50.8 Å². The van der Waals surface area contributed by atoms with Crippen molar-refractivity contribution in [3.63, 3.8) is 0 Å². The average molecular weight is 475 g/mol. The number of carbonyl (C=O) groups excluding carboxylic acids is 1. The normalized spacial score (nSPS) is 15.5. The first-order valence-electron chi connectivity index (χ1n) is 10.0. The third kappa shape index (κ3) is 5.85. The van der Waals surface area contributed by atoms with Gasteiger partial charge in [-0.3, -0.25) is 9.83 Å². The Morgan fingerprint density at radius 3 is 2.65 bits per heavy atom. The van der Waals surface area contributed by atoms with E-state index in [0.29, 0.717) is 5.75 Å². The summed E-state index contributed by atoms with van der Waals surface area (Å²) in [4.78, 5) is 11.9. The fourth-order valence-electron chi connectivity index (χ4n) is 3.55. The van der Waals surface area contributed by atoms with Crippen LogP contribution in [0.2, 0.25) is 0 Å². The van der Waals surface area contributed by atoms with Gasteiger partial charge in [0.05, 0.1) is 16.9 Å². The second-order valence-electron chi connectivity index (χ2n) is 7.77. The second kappa shape index (κ2) is 10.9. The zero-order chi connectivity index (χ0) is 23.2. The van der Waals surface area contributed by atoms with Gasteiger partial charge in [-0.15, -0.1) is 0 Å². The zero-order valence-corrected chi connectivity index (χ0v) is 20.2. The van der Waals surface area contributed by atoms with Gasteiger partial charge in [0, 0.05) is 49.8 Å². The number of hydrogen-bond donors (Lipinski definition) is 0. The van der Waals surface area contributed by atoms with Gasteiger partial charge in [0.25, 0.3) is 0 Å². The van der Waals surface area contributed by atoms with Crippen molar-refractivity contribution >= 4 is 39.4 Å². The third-order valence-corrected chi connectivity index (χ3v) is 7.95. The Hall–Kier alpha value is -1.50. The fourth-order valence-corrected chi connectivity index (χ4v) is 5.12. The maximum atomic E-state index is 13.0. The summed E-state index contributed by atoms with van der Waals surface area (Å²) >= 11 is 0.972. The summed E-state index contributed by atoms with van der Waals surface area (Å²) in [5, 5.41) is 13.1. The average Bonchev–Trinajstić information content (AvgIpc) is 2.90. The van der Waals surface area contributed by atoms with E-state index in [1.165, 1.54) is 7.05 Å². The number of sulfonamides is 1. The third-order valence-electron chi connectivity index (χ3n) is 5.54. The van der Waals surface area contributed by atoms with Crippen LogP contribution in [0.4, 0.5) is 5.69 Å². The number of hydrogen-bond acceptors (Lipinski definition) is 8. The van der Waals surface area contributed by atoms with E-state index in [4.69, 9.17) is 4.74 Å². The number of benzene rings is 1. The lowest BCUT2D eigenvalue weighted by Crippen LogP contribution is -2.33. The van der Waals surface area contributed by atoms with Crippen molar-refractivity contribution in [1.29, 1.82) is 0 Å². The second-order valence-corrected chi connectivity index (χ2v) is 10.6. The molecule has 11 heteroatoms. The number of nitrogens with zero attached hydrogens (tertiary/aromatic N) is 2. The van der Waals surface area contributed by atoms with Gasteiger partial charge >= 0.3 is 5.97 Å². The molecule has 31 heavy (non-hydrogen) atoms. The van der Waals surface area contributed by atoms with E-state index in [1.807, 2.05) is 13.0 Å². The van der Waals surface area contributed by atoms with E-state index in [2.05, 4.69) is 27.8 Å². The summed E-state index contributed by atoms with van der Waals surface area (Å²) < 4.78 is 38.3. The summed E-state index contributed by atoms with van der Waals surface area (Å²) in [7, 11) is -2.47. The van der Waals surface area contributed by atoms with Gasteiger partial charge in [0.2, 0.25) is 15.7 Å². The van der Waals surface area contributed by atoms with Crippen LogP contribution in [0.15, 0.2) is 23.1 Å². The highest BCUT2D eigenvalue weighted by atomic mass is 32.2. The summed E-state index contributed by atoms with van der Waals surface area (Å²) in [6.07, 6.45) is 1.70. The molecule has 0 atom stereocenters. The maximum Gasteiger partial charge on any atom is 0.321 e. The van der Waals surface area contributed by atoms with Crippen LogP contribution in [-0.4, -0.2) is 61.5 Å². The van der Waals surface area contributed by atoms with Crippen molar-refractivity contribution in [3.8, 4) is 0 Å². The lowest BCUT2D eigenvalue weighted by molar-refractivity contribution is -0.777. The molecule has 0 amide bonds. The van der Waals surface area contributed by atoms with Crippen LogP contribution in [0.3, 0.4) is 0 Å². The summed E-state index contributed by atoms with van der Waals surface area (Å²) in [5.41, 5.74) is 2.69. The Bertz CT molecular complexity index is 929. The number of likely N-dealkylation sites (N-methyl/N-ethyl adjacent to an activating group) is 1. The van der Waals surface area contributed by atoms with Crippen molar-refractivity contribution < 1.29 is 37.2 Å². The van der Waals surface area contributed by atoms with Crippen LogP contribution in [0, 0.1) is 0 Å². The van der Waals surface area contributed by atoms with Crippen LogP contribution in [0.25, 0.3) is 0 Å². The van der Waals surface area contributed by atoms with Crippen LogP contribution in [0.5, 0.6) is 0 Å². The first-order valence-corrected chi connectivity index (χ1v) is 12.4. The van der Waals surface area contributed by atoms with E-state index < -0.39 is 16.0 Å². The van der Waals surface area contributed by atoms with E-state index in [1.54, 1.807) is 19.1 Å². The quantitative estimate of drug-likeness (QED) is 0.113. The number of fused-ring (bicyclic) bond motifs is 1. The van der Waals surface area contributed by atoms with Gasteiger partial charge in [-0.2, -0.15) is 13.2 Å². The summed E-state index contributed by atoms with van der Waals surface area (Å²) in [6.45, 7) is 8.47. The number of carbonyl (C=O) groups is 1. The molecule has 0 radical (unpaired) electrons. The lowest BCUT2D eigenvalue weighted by Gasteiger charge is -2.19. The minimum atomic E-state index is -3.84. The van der Waals surface area contributed by atoms with E-state index in [-0.39, 0.29) is 23.5 Å². The molecule has 0 saturated carbocycles. The smallest absolute Gasteiger partial charge is 0.321 e. The van der Waals surface area contributed by atoms with Gasteiger partial charge in [-0.1, -0.05) is 0 Å². The molecule has 1 aliphatic rings. The highest BCUT2D eigenvalue weighted by molar-refractivity contribution is 7.94. The van der Waals surface area contributed by atoms with Crippen LogP contribution in [-0.2, 0) is 34.3 Å². The first-order chi connectivity index (χ1) is 14.6. The topological polar surface area (TPSA) is 108 Å². The summed E-state index contributed by atoms with van der Waals surface area (Å²) in [5.74, 6) is 0.0471. The van der Waals surface area contributed by atoms with Crippen LogP contribution < -0.4 is 5.26 Å². The van der Waals surface area contributed by atoms with E-state index in [0.717, 1.165) is 52.7 Å². The largest absolute Gasteiger partial charge is 0.691 e. The molecule has 0 bridgehead atoms. The van der Waals surface area contributed by atoms with Gasteiger partial charge in [-0.25, -0.2) is 8.42 Å². The SMILES string of the molecule is CCOC(=O)CN(C)S(=O)(=O)c1ccc2c(c1)C(C)(C)C(C)=[N+]2CCCCSOO[O-]. The molecule has 174 valence electrons. The minimum Gasteiger partial charge on any atom is -0.691 e. The Labute approximate surface area is 188 Å². The molecule has 2 rings (SSSR count). The molecule has 0 spiro atoms. The highest BCUT2D eigenvalue weighted by Crippen LogP contribution is 2.41. The standard InChI is InChI=1S/C20H30N2O7S2/c1-6-27-19(23)14-21(5)31(25,26)16-9-10-18-17(13-16)20(3,4)15(2)22(18)11-7-8-12-30-29-28-24/h9-10,13H,6-8,11-12,14H2,1-5H3. The highest BCUT2D eigenvalue weighted by Gasteiger charge is 2.43. The monoisotopic (exact) mass is 474 g/mol. The Morgan fingerprint density at radius 1 is 1.29 bits per heavy atom. The predicted molar refractivity (Wildman–Crippen MR) is 115 cm³/mol. The summed E-state index contributed by atoms with van der Waals surface area (Å²) in [6, 6.07) is 5.10. The van der Waals surface area contributed by atoms with E-state index >= 15 is 0 Å². The molecular weight excluding hydrogens is 444 g/mol. The molecule has 0 N–H and O–H groups in total. The van der Waals surface area contributed by atoms with Crippen molar-refractivity contribution in [2.75, 3.05) is 32.5 Å². The van der Waals surface area contributed by atoms with Crippen LogP contribution >= 0.6 is 12.0 Å². The number of esters is 1. The molecule has 0 aromatic heterocycles. The number of ether oxygens (including phenoxy) is 1. The van der Waals surface area contributed by atoms with Gasteiger partial charge in [0.15, 0.2) is 5.71 Å². The molecule has 0 unspecified atom stereocenters. The molecule has 1 aromatic rings. The molecule has 0 aliphatic carbocycles. The maximum absolute atomic E-state index is 13.0. The van der Waals surface area contributed by atoms with Gasteiger partial charge < -0.3 is 9.99 Å².